The number of benzene rings is 2. The maximum atomic E-state index is 11.9. The van der Waals surface area contributed by atoms with Gasteiger partial charge in [-0.2, -0.15) is 0 Å². The van der Waals surface area contributed by atoms with E-state index in [1.54, 1.807) is 37.3 Å². The van der Waals surface area contributed by atoms with Gasteiger partial charge in [-0.05, 0) is 48.4 Å². The standard InChI is InChI=1S/C13H11Cl2NO3.C10H6Cl2O/c1-2-19-13(18)7-16-11-5-8(14)3-4-9(11)10(15)6-12(16)17;11-7-1-2-9-6(3-7)4-8(13)5-10(9)12/h3-6H,2,7H2,1H3;1-3,5H,4H2. The van der Waals surface area contributed by atoms with Crippen LogP contribution in [0, 0.1) is 0 Å². The van der Waals surface area contributed by atoms with Crippen LogP contribution in [0.4, 0.5) is 0 Å². The monoisotopic (exact) mass is 511 g/mol. The lowest BCUT2D eigenvalue weighted by Gasteiger charge is -2.12. The number of carbonyl (C=O) groups excluding carboxylic acids is 2. The smallest absolute Gasteiger partial charge is 0.326 e. The molecule has 0 aliphatic heterocycles. The summed E-state index contributed by atoms with van der Waals surface area (Å²) in [5.41, 5.74) is 1.96. The molecular weight excluding hydrogens is 496 g/mol. The minimum atomic E-state index is -0.479. The van der Waals surface area contributed by atoms with Gasteiger partial charge in [0.25, 0.3) is 5.56 Å². The lowest BCUT2D eigenvalue weighted by molar-refractivity contribution is -0.143. The number of ketones is 1. The number of hydrogen-bond acceptors (Lipinski definition) is 4. The fourth-order valence-electron chi connectivity index (χ4n) is 3.21. The van der Waals surface area contributed by atoms with E-state index >= 15 is 0 Å². The molecule has 166 valence electrons. The molecule has 5 nitrogen and oxygen atoms in total. The lowest BCUT2D eigenvalue weighted by atomic mass is 9.97. The highest BCUT2D eigenvalue weighted by atomic mass is 35.5. The molecule has 1 heterocycles. The Morgan fingerprint density at radius 3 is 2.41 bits per heavy atom. The van der Waals surface area contributed by atoms with Crippen LogP contribution in [0.2, 0.25) is 15.1 Å². The molecule has 0 bridgehead atoms. The van der Waals surface area contributed by atoms with E-state index < -0.39 is 5.97 Å². The number of aromatic nitrogens is 1. The molecule has 32 heavy (non-hydrogen) atoms. The number of halogens is 4. The van der Waals surface area contributed by atoms with E-state index in [2.05, 4.69) is 0 Å². The van der Waals surface area contributed by atoms with Crippen LogP contribution in [0.15, 0.2) is 53.3 Å². The molecule has 0 spiro atoms. The molecule has 0 unspecified atom stereocenters. The Morgan fingerprint density at radius 2 is 1.69 bits per heavy atom. The first-order valence-electron chi connectivity index (χ1n) is 9.52. The molecule has 0 saturated heterocycles. The predicted octanol–water partition coefficient (Wildman–Crippen LogP) is 5.92. The van der Waals surface area contributed by atoms with Gasteiger partial charge in [0, 0.05) is 34.0 Å². The summed E-state index contributed by atoms with van der Waals surface area (Å²) in [5, 5.41) is 2.60. The zero-order valence-electron chi connectivity index (χ0n) is 16.8. The van der Waals surface area contributed by atoms with E-state index in [9.17, 15) is 14.4 Å². The second kappa shape index (κ2) is 10.5. The normalized spacial score (nSPS) is 12.5. The summed E-state index contributed by atoms with van der Waals surface area (Å²) in [5.74, 6) is -0.451. The number of rotatable bonds is 3. The van der Waals surface area contributed by atoms with Crippen molar-refractivity contribution in [3.63, 3.8) is 0 Å². The van der Waals surface area contributed by atoms with Crippen molar-refractivity contribution >= 4 is 74.1 Å². The van der Waals surface area contributed by atoms with Gasteiger partial charge in [-0.1, -0.05) is 52.5 Å². The molecular formula is C23H17Cl4NO4. The summed E-state index contributed by atoms with van der Waals surface area (Å²) in [4.78, 5) is 34.6. The van der Waals surface area contributed by atoms with Gasteiger partial charge in [0.15, 0.2) is 5.78 Å². The summed E-state index contributed by atoms with van der Waals surface area (Å²) in [6, 6.07) is 11.6. The number of allylic oxidation sites excluding steroid dienone is 1. The van der Waals surface area contributed by atoms with Gasteiger partial charge >= 0.3 is 5.97 Å². The van der Waals surface area contributed by atoms with Crippen LogP contribution < -0.4 is 5.56 Å². The third-order valence-electron chi connectivity index (χ3n) is 4.59. The highest BCUT2D eigenvalue weighted by Gasteiger charge is 2.16. The Balaban J connectivity index is 0.000000193. The number of hydrogen-bond donors (Lipinski definition) is 0. The molecule has 0 atom stereocenters. The summed E-state index contributed by atoms with van der Waals surface area (Å²) in [6.07, 6.45) is 1.85. The first-order valence-corrected chi connectivity index (χ1v) is 11.0. The van der Waals surface area contributed by atoms with Crippen molar-refractivity contribution in [2.24, 2.45) is 0 Å². The van der Waals surface area contributed by atoms with Gasteiger partial charge in [0.05, 0.1) is 22.2 Å². The molecule has 0 amide bonds. The number of carbonyl (C=O) groups is 2. The Bertz CT molecular complexity index is 1300. The Labute approximate surface area is 204 Å². The maximum Gasteiger partial charge on any atom is 0.326 e. The molecule has 4 rings (SSSR count). The van der Waals surface area contributed by atoms with E-state index in [4.69, 9.17) is 51.1 Å². The van der Waals surface area contributed by atoms with Crippen molar-refractivity contribution in [3.8, 4) is 0 Å². The minimum absolute atomic E-state index is 0.0276. The topological polar surface area (TPSA) is 65.4 Å². The molecule has 1 aliphatic carbocycles. The van der Waals surface area contributed by atoms with Crippen LogP contribution in [0.25, 0.3) is 15.9 Å². The zero-order chi connectivity index (χ0) is 23.4. The number of pyridine rings is 1. The molecule has 0 fully saturated rings. The van der Waals surface area contributed by atoms with Gasteiger partial charge in [0.2, 0.25) is 0 Å². The minimum Gasteiger partial charge on any atom is -0.465 e. The summed E-state index contributed by atoms with van der Waals surface area (Å²) < 4.78 is 6.14. The van der Waals surface area contributed by atoms with Crippen LogP contribution in [0.5, 0.6) is 0 Å². The summed E-state index contributed by atoms with van der Waals surface area (Å²) in [7, 11) is 0. The van der Waals surface area contributed by atoms with Gasteiger partial charge in [0.1, 0.15) is 6.54 Å². The molecule has 1 aromatic heterocycles. The molecule has 9 heteroatoms. The maximum absolute atomic E-state index is 11.9. The van der Waals surface area contributed by atoms with Crippen LogP contribution >= 0.6 is 46.4 Å². The first kappa shape index (κ1) is 24.3. The van der Waals surface area contributed by atoms with Crippen molar-refractivity contribution in [3.05, 3.63) is 85.1 Å². The number of esters is 1. The number of fused-ring (bicyclic) bond motifs is 2. The van der Waals surface area contributed by atoms with E-state index in [0.29, 0.717) is 37.4 Å². The number of ether oxygens (including phenoxy) is 1. The second-order valence-electron chi connectivity index (χ2n) is 6.82. The van der Waals surface area contributed by atoms with Crippen molar-refractivity contribution in [2.45, 2.75) is 19.9 Å². The van der Waals surface area contributed by atoms with Gasteiger partial charge in [-0.25, -0.2) is 0 Å². The predicted molar refractivity (Wildman–Crippen MR) is 129 cm³/mol. The number of nitrogens with zero attached hydrogens (tertiary/aromatic N) is 1. The van der Waals surface area contributed by atoms with E-state index in [1.165, 1.54) is 16.7 Å². The molecule has 3 aromatic rings. The fourth-order valence-corrected chi connectivity index (χ4v) is 4.13. The van der Waals surface area contributed by atoms with E-state index in [1.807, 2.05) is 6.07 Å². The highest BCUT2D eigenvalue weighted by Crippen LogP contribution is 2.29. The lowest BCUT2D eigenvalue weighted by Crippen LogP contribution is -2.25. The third kappa shape index (κ3) is 5.73. The van der Waals surface area contributed by atoms with Crippen LogP contribution in [0.1, 0.15) is 18.1 Å². The molecule has 0 N–H and O–H groups in total. The third-order valence-corrected chi connectivity index (χ3v) is 5.69. The second-order valence-corrected chi connectivity index (χ2v) is 8.51. The van der Waals surface area contributed by atoms with Crippen molar-refractivity contribution in [1.82, 2.24) is 4.57 Å². The first-order chi connectivity index (χ1) is 15.2. The zero-order valence-corrected chi connectivity index (χ0v) is 19.9. The average Bonchev–Trinajstić information content (AvgIpc) is 2.71. The van der Waals surface area contributed by atoms with Gasteiger partial charge in [-0.3, -0.25) is 19.0 Å². The summed E-state index contributed by atoms with van der Waals surface area (Å²) >= 11 is 23.6. The van der Waals surface area contributed by atoms with Crippen molar-refractivity contribution < 1.29 is 14.3 Å². The van der Waals surface area contributed by atoms with Crippen molar-refractivity contribution in [2.75, 3.05) is 6.61 Å². The molecule has 0 radical (unpaired) electrons. The largest absolute Gasteiger partial charge is 0.465 e. The highest BCUT2D eigenvalue weighted by molar-refractivity contribution is 6.51. The van der Waals surface area contributed by atoms with Crippen LogP contribution in [-0.4, -0.2) is 22.9 Å². The molecule has 0 saturated carbocycles. The average molecular weight is 513 g/mol. The Morgan fingerprint density at radius 1 is 1.00 bits per heavy atom. The Hall–Kier alpha value is -2.31. The van der Waals surface area contributed by atoms with E-state index in [0.717, 1.165) is 11.1 Å². The Kier molecular flexibility index (Phi) is 8.01. The summed E-state index contributed by atoms with van der Waals surface area (Å²) in [6.45, 7) is 1.80. The SMILES string of the molecule is CCOC(=O)Cn1c(=O)cc(Cl)c2ccc(Cl)cc21.O=C1C=C(Cl)c2ccc(Cl)cc2C1. The van der Waals surface area contributed by atoms with Crippen LogP contribution in [0.3, 0.4) is 0 Å². The van der Waals surface area contributed by atoms with Gasteiger partial charge in [-0.15, -0.1) is 0 Å². The molecule has 2 aromatic carbocycles. The quantitative estimate of drug-likeness (QED) is 0.409. The van der Waals surface area contributed by atoms with Crippen LogP contribution in [-0.2, 0) is 27.3 Å². The van der Waals surface area contributed by atoms with Gasteiger partial charge < -0.3 is 4.74 Å². The van der Waals surface area contributed by atoms with E-state index in [-0.39, 0.29) is 24.5 Å². The van der Waals surface area contributed by atoms with Crippen molar-refractivity contribution in [1.29, 1.82) is 0 Å². The fraction of sp³-hybridized carbons (Fsp3) is 0.174. The molecule has 1 aliphatic rings.